The minimum absolute atomic E-state index is 0.263. The molecule has 0 aliphatic carbocycles. The summed E-state index contributed by atoms with van der Waals surface area (Å²) >= 11 is 0. The Hall–Kier alpha value is -1.22. The molecular formula is C18H29NO2. The van der Waals surface area contributed by atoms with Crippen LogP contribution >= 0.6 is 0 Å². The van der Waals surface area contributed by atoms with Gasteiger partial charge < -0.3 is 14.8 Å². The Labute approximate surface area is 129 Å². The van der Waals surface area contributed by atoms with Gasteiger partial charge in [-0.25, -0.2) is 0 Å². The number of benzene rings is 1. The summed E-state index contributed by atoms with van der Waals surface area (Å²) in [5.41, 5.74) is 1.53. The first-order valence-corrected chi connectivity index (χ1v) is 8.01. The summed E-state index contributed by atoms with van der Waals surface area (Å²) in [7, 11) is 1.70. The Morgan fingerprint density at radius 3 is 2.71 bits per heavy atom. The third kappa shape index (κ3) is 4.37. The van der Waals surface area contributed by atoms with Gasteiger partial charge in [-0.1, -0.05) is 33.8 Å². The van der Waals surface area contributed by atoms with Crippen LogP contribution in [0.25, 0.3) is 0 Å². The second kappa shape index (κ2) is 6.69. The lowest BCUT2D eigenvalue weighted by atomic mass is 9.84. The molecule has 3 heteroatoms. The van der Waals surface area contributed by atoms with Crippen molar-refractivity contribution in [2.45, 2.75) is 59.1 Å². The zero-order chi connectivity index (χ0) is 15.5. The number of hydrogen-bond acceptors (Lipinski definition) is 3. The van der Waals surface area contributed by atoms with Crippen LogP contribution in [0.2, 0.25) is 0 Å². The van der Waals surface area contributed by atoms with Gasteiger partial charge in [-0.05, 0) is 30.9 Å². The van der Waals surface area contributed by atoms with E-state index < -0.39 is 0 Å². The molecule has 3 nitrogen and oxygen atoms in total. The molecule has 118 valence electrons. The molecule has 1 aromatic carbocycles. The van der Waals surface area contributed by atoms with E-state index in [1.807, 2.05) is 12.1 Å². The second-order valence-corrected chi connectivity index (χ2v) is 7.15. The van der Waals surface area contributed by atoms with Crippen LogP contribution in [0.3, 0.4) is 0 Å². The van der Waals surface area contributed by atoms with Crippen LogP contribution in [-0.4, -0.2) is 19.8 Å². The van der Waals surface area contributed by atoms with Gasteiger partial charge in [-0.15, -0.1) is 0 Å². The molecule has 2 rings (SSSR count). The number of fused-ring (bicyclic) bond motifs is 1. The van der Waals surface area contributed by atoms with Gasteiger partial charge in [0.25, 0.3) is 0 Å². The third-order valence-electron chi connectivity index (χ3n) is 3.87. The number of ether oxygens (including phenoxy) is 2. The largest absolute Gasteiger partial charge is 0.497 e. The standard InChI is InChI=1S/C18H29NO2/c1-6-9-19-16-10-14(12-18(2,3)4)21-17-11-13(20-5)7-8-15(16)17/h7-8,11,14,16,19H,6,9-10,12H2,1-5H3. The average molecular weight is 291 g/mol. The SMILES string of the molecule is CCCNC1CC(CC(C)(C)C)Oc2cc(OC)ccc21. The smallest absolute Gasteiger partial charge is 0.128 e. The van der Waals surface area contributed by atoms with Crippen molar-refractivity contribution in [2.24, 2.45) is 5.41 Å². The predicted molar refractivity (Wildman–Crippen MR) is 87.1 cm³/mol. The van der Waals surface area contributed by atoms with Gasteiger partial charge in [0.2, 0.25) is 0 Å². The van der Waals surface area contributed by atoms with Crippen molar-refractivity contribution in [2.75, 3.05) is 13.7 Å². The lowest BCUT2D eigenvalue weighted by molar-refractivity contribution is 0.105. The van der Waals surface area contributed by atoms with E-state index in [4.69, 9.17) is 9.47 Å². The van der Waals surface area contributed by atoms with E-state index >= 15 is 0 Å². The fourth-order valence-corrected chi connectivity index (χ4v) is 2.97. The molecule has 2 atom stereocenters. The third-order valence-corrected chi connectivity index (χ3v) is 3.87. The highest BCUT2D eigenvalue weighted by molar-refractivity contribution is 5.44. The minimum Gasteiger partial charge on any atom is -0.497 e. The number of rotatable bonds is 5. The normalized spacial score (nSPS) is 21.6. The monoisotopic (exact) mass is 291 g/mol. The summed E-state index contributed by atoms with van der Waals surface area (Å²) in [6.45, 7) is 10.1. The summed E-state index contributed by atoms with van der Waals surface area (Å²) in [6.07, 6.45) is 3.51. The Morgan fingerprint density at radius 1 is 1.33 bits per heavy atom. The van der Waals surface area contributed by atoms with Crippen molar-refractivity contribution >= 4 is 0 Å². The van der Waals surface area contributed by atoms with Crippen LogP contribution in [0.15, 0.2) is 18.2 Å². The summed E-state index contributed by atoms with van der Waals surface area (Å²) in [5, 5.41) is 3.66. The lowest BCUT2D eigenvalue weighted by Crippen LogP contribution is -2.35. The molecule has 21 heavy (non-hydrogen) atoms. The van der Waals surface area contributed by atoms with Gasteiger partial charge in [0.05, 0.1) is 7.11 Å². The second-order valence-electron chi connectivity index (χ2n) is 7.15. The van der Waals surface area contributed by atoms with Crippen molar-refractivity contribution in [3.63, 3.8) is 0 Å². The zero-order valence-corrected chi connectivity index (χ0v) is 14.0. The summed E-state index contributed by atoms with van der Waals surface area (Å²) in [6, 6.07) is 6.55. The molecule has 0 fully saturated rings. The molecular weight excluding hydrogens is 262 g/mol. The van der Waals surface area contributed by atoms with Gasteiger partial charge in [0.1, 0.15) is 17.6 Å². The fraction of sp³-hybridized carbons (Fsp3) is 0.667. The molecule has 0 bridgehead atoms. The van der Waals surface area contributed by atoms with Crippen LogP contribution in [-0.2, 0) is 0 Å². The van der Waals surface area contributed by atoms with Gasteiger partial charge >= 0.3 is 0 Å². The Morgan fingerprint density at radius 2 is 2.10 bits per heavy atom. The highest BCUT2D eigenvalue weighted by Gasteiger charge is 2.30. The fourth-order valence-electron chi connectivity index (χ4n) is 2.97. The molecule has 1 aromatic rings. The quantitative estimate of drug-likeness (QED) is 0.876. The molecule has 1 heterocycles. The average Bonchev–Trinajstić information content (AvgIpc) is 2.42. The van der Waals surface area contributed by atoms with Crippen molar-refractivity contribution in [3.05, 3.63) is 23.8 Å². The molecule has 1 aliphatic rings. The number of hydrogen-bond donors (Lipinski definition) is 1. The predicted octanol–water partition coefficient (Wildman–Crippen LogP) is 4.32. The van der Waals surface area contributed by atoms with E-state index in [2.05, 4.69) is 39.1 Å². The summed E-state index contributed by atoms with van der Waals surface area (Å²) < 4.78 is 11.6. The van der Waals surface area contributed by atoms with Gasteiger partial charge in [-0.3, -0.25) is 0 Å². The van der Waals surface area contributed by atoms with Crippen LogP contribution in [0.5, 0.6) is 11.5 Å². The molecule has 0 amide bonds. The maximum absolute atomic E-state index is 6.24. The summed E-state index contributed by atoms with van der Waals surface area (Å²) in [5.74, 6) is 1.84. The van der Waals surface area contributed by atoms with E-state index in [1.165, 1.54) is 5.56 Å². The van der Waals surface area contributed by atoms with Crippen LogP contribution in [0.4, 0.5) is 0 Å². The Balaban J connectivity index is 2.22. The van der Waals surface area contributed by atoms with Crippen molar-refractivity contribution < 1.29 is 9.47 Å². The van der Waals surface area contributed by atoms with Crippen molar-refractivity contribution in [1.82, 2.24) is 5.32 Å². The summed E-state index contributed by atoms with van der Waals surface area (Å²) in [4.78, 5) is 0. The highest BCUT2D eigenvalue weighted by atomic mass is 16.5. The maximum atomic E-state index is 6.24. The van der Waals surface area contributed by atoms with E-state index in [9.17, 15) is 0 Å². The topological polar surface area (TPSA) is 30.5 Å². The first kappa shape index (κ1) is 16.2. The Bertz CT molecular complexity index is 465. The van der Waals surface area contributed by atoms with E-state index in [0.29, 0.717) is 6.04 Å². The number of nitrogens with one attached hydrogen (secondary N) is 1. The molecule has 0 aromatic heterocycles. The van der Waals surface area contributed by atoms with E-state index in [-0.39, 0.29) is 11.5 Å². The molecule has 1 aliphatic heterocycles. The lowest BCUT2D eigenvalue weighted by Gasteiger charge is -2.36. The van der Waals surface area contributed by atoms with Gasteiger partial charge in [-0.2, -0.15) is 0 Å². The van der Waals surface area contributed by atoms with Crippen molar-refractivity contribution in [1.29, 1.82) is 0 Å². The first-order valence-electron chi connectivity index (χ1n) is 8.01. The number of methoxy groups -OCH3 is 1. The van der Waals surface area contributed by atoms with Crippen LogP contribution in [0.1, 0.15) is 58.6 Å². The van der Waals surface area contributed by atoms with Gasteiger partial charge in [0, 0.05) is 24.1 Å². The zero-order valence-electron chi connectivity index (χ0n) is 14.0. The molecule has 0 saturated carbocycles. The van der Waals surface area contributed by atoms with Crippen molar-refractivity contribution in [3.8, 4) is 11.5 Å². The Kier molecular flexibility index (Phi) is 5.15. The van der Waals surface area contributed by atoms with Crippen LogP contribution < -0.4 is 14.8 Å². The molecule has 0 spiro atoms. The highest BCUT2D eigenvalue weighted by Crippen LogP contribution is 2.40. The molecule has 0 saturated heterocycles. The van der Waals surface area contributed by atoms with E-state index in [1.54, 1.807) is 7.11 Å². The van der Waals surface area contributed by atoms with Crippen LogP contribution in [0, 0.1) is 5.41 Å². The van der Waals surface area contributed by atoms with Gasteiger partial charge in [0.15, 0.2) is 0 Å². The molecule has 1 N–H and O–H groups in total. The molecule has 2 unspecified atom stereocenters. The van der Waals surface area contributed by atoms with E-state index in [0.717, 1.165) is 37.3 Å². The molecule has 0 radical (unpaired) electrons. The maximum Gasteiger partial charge on any atom is 0.128 e. The minimum atomic E-state index is 0.263. The first-order chi connectivity index (χ1) is 9.93.